The fourth-order valence-corrected chi connectivity index (χ4v) is 2.56. The number of aromatic nitrogens is 5. The van der Waals surface area contributed by atoms with Gasteiger partial charge in [0.25, 0.3) is 0 Å². The van der Waals surface area contributed by atoms with Crippen LogP contribution in [-0.2, 0) is 6.42 Å². The van der Waals surface area contributed by atoms with Crippen LogP contribution in [-0.4, -0.2) is 38.0 Å². The van der Waals surface area contributed by atoms with Crippen molar-refractivity contribution in [1.82, 2.24) is 24.9 Å². The molecule has 3 aromatic rings. The molecule has 3 rings (SSSR count). The highest BCUT2D eigenvalue weighted by atomic mass is 32.1. The Labute approximate surface area is 126 Å². The van der Waals surface area contributed by atoms with Crippen LogP contribution in [0, 0.1) is 0 Å². The molecule has 0 bridgehead atoms. The molecular weight excluding hydrogens is 286 g/mol. The summed E-state index contributed by atoms with van der Waals surface area (Å²) in [6.07, 6.45) is 5.35. The lowest BCUT2D eigenvalue weighted by Gasteiger charge is -2.08. The summed E-state index contributed by atoms with van der Waals surface area (Å²) in [6, 6.07) is 0. The summed E-state index contributed by atoms with van der Waals surface area (Å²) in [5, 5.41) is 9.63. The quantitative estimate of drug-likeness (QED) is 0.620. The Balaban J connectivity index is 1.74. The molecule has 0 atom stereocenters. The van der Waals surface area contributed by atoms with E-state index in [-0.39, 0.29) is 0 Å². The average Bonchev–Trinajstić information content (AvgIpc) is 3.15. The summed E-state index contributed by atoms with van der Waals surface area (Å²) >= 11 is 1.66. The van der Waals surface area contributed by atoms with Gasteiger partial charge < -0.3 is 15.6 Å². The molecule has 0 amide bonds. The summed E-state index contributed by atoms with van der Waals surface area (Å²) in [5.41, 5.74) is 1.50. The van der Waals surface area contributed by atoms with Crippen LogP contribution in [0.1, 0.15) is 18.4 Å². The van der Waals surface area contributed by atoms with Crippen LogP contribution in [0.4, 0.5) is 11.8 Å². The predicted molar refractivity (Wildman–Crippen MR) is 84.8 cm³/mol. The van der Waals surface area contributed by atoms with Crippen molar-refractivity contribution in [3.8, 4) is 0 Å². The molecule has 0 unspecified atom stereocenters. The number of aromatic amines is 1. The van der Waals surface area contributed by atoms with Gasteiger partial charge in [0.05, 0.1) is 11.3 Å². The molecule has 21 heavy (non-hydrogen) atoms. The maximum Gasteiger partial charge on any atom is 0.226 e. The third kappa shape index (κ3) is 3.27. The Morgan fingerprint density at radius 3 is 2.95 bits per heavy atom. The van der Waals surface area contributed by atoms with Crippen molar-refractivity contribution in [1.29, 1.82) is 0 Å². The molecule has 7 nitrogen and oxygen atoms in total. The fraction of sp³-hybridized carbons (Fsp3) is 0.385. The van der Waals surface area contributed by atoms with E-state index in [0.717, 1.165) is 42.3 Å². The lowest BCUT2D eigenvalue weighted by Crippen LogP contribution is -2.10. The fourth-order valence-electron chi connectivity index (χ4n) is 1.94. The molecule has 0 fully saturated rings. The SMILES string of the molecule is CCCNc1nc(NCCc2nccs2)c2[nH]cnc2n1. The first-order valence-electron chi connectivity index (χ1n) is 6.94. The first kappa shape index (κ1) is 13.7. The number of imidazole rings is 1. The Hall–Kier alpha value is -2.22. The molecule has 3 aromatic heterocycles. The van der Waals surface area contributed by atoms with Crippen LogP contribution in [0.15, 0.2) is 17.9 Å². The van der Waals surface area contributed by atoms with Gasteiger partial charge in [-0.15, -0.1) is 11.3 Å². The molecule has 0 spiro atoms. The summed E-state index contributed by atoms with van der Waals surface area (Å²) in [6.45, 7) is 3.72. The van der Waals surface area contributed by atoms with Gasteiger partial charge in [-0.2, -0.15) is 9.97 Å². The van der Waals surface area contributed by atoms with Crippen molar-refractivity contribution in [2.45, 2.75) is 19.8 Å². The maximum absolute atomic E-state index is 4.51. The van der Waals surface area contributed by atoms with Crippen molar-refractivity contribution in [3.05, 3.63) is 22.9 Å². The van der Waals surface area contributed by atoms with Gasteiger partial charge in [-0.3, -0.25) is 0 Å². The number of H-pyrrole nitrogens is 1. The highest BCUT2D eigenvalue weighted by molar-refractivity contribution is 7.09. The normalized spacial score (nSPS) is 10.9. The second-order valence-electron chi connectivity index (χ2n) is 4.53. The van der Waals surface area contributed by atoms with Gasteiger partial charge in [0.2, 0.25) is 5.95 Å². The van der Waals surface area contributed by atoms with Crippen LogP contribution in [0.5, 0.6) is 0 Å². The molecule has 8 heteroatoms. The molecule has 0 aromatic carbocycles. The van der Waals surface area contributed by atoms with Gasteiger partial charge in [-0.05, 0) is 6.42 Å². The minimum Gasteiger partial charge on any atom is -0.368 e. The van der Waals surface area contributed by atoms with Gasteiger partial charge in [0.1, 0.15) is 5.52 Å². The Bertz CT molecular complexity index is 692. The Kier molecular flexibility index (Phi) is 4.25. The van der Waals surface area contributed by atoms with E-state index in [4.69, 9.17) is 0 Å². The summed E-state index contributed by atoms with van der Waals surface area (Å²) in [5.74, 6) is 1.38. The van der Waals surface area contributed by atoms with Crippen molar-refractivity contribution >= 4 is 34.3 Å². The first-order valence-corrected chi connectivity index (χ1v) is 7.82. The Morgan fingerprint density at radius 1 is 1.19 bits per heavy atom. The second kappa shape index (κ2) is 6.49. The van der Waals surface area contributed by atoms with E-state index in [1.807, 2.05) is 11.6 Å². The summed E-state index contributed by atoms with van der Waals surface area (Å²) in [7, 11) is 0. The molecule has 0 aliphatic heterocycles. The minimum absolute atomic E-state index is 0.605. The number of anilines is 2. The number of rotatable bonds is 7. The largest absolute Gasteiger partial charge is 0.368 e. The van der Waals surface area contributed by atoms with Crippen LogP contribution >= 0.6 is 11.3 Å². The highest BCUT2D eigenvalue weighted by Crippen LogP contribution is 2.18. The van der Waals surface area contributed by atoms with E-state index in [0.29, 0.717) is 11.6 Å². The predicted octanol–water partition coefficient (Wildman–Crippen LogP) is 2.29. The van der Waals surface area contributed by atoms with E-state index in [9.17, 15) is 0 Å². The third-order valence-electron chi connectivity index (χ3n) is 2.93. The lowest BCUT2D eigenvalue weighted by atomic mass is 10.4. The lowest BCUT2D eigenvalue weighted by molar-refractivity contribution is 0.950. The summed E-state index contributed by atoms with van der Waals surface area (Å²) < 4.78 is 0. The van der Waals surface area contributed by atoms with Crippen molar-refractivity contribution in [2.75, 3.05) is 23.7 Å². The number of hydrogen-bond donors (Lipinski definition) is 3. The number of fused-ring (bicyclic) bond motifs is 1. The zero-order valence-electron chi connectivity index (χ0n) is 11.8. The number of nitrogens with one attached hydrogen (secondary N) is 3. The monoisotopic (exact) mass is 303 g/mol. The molecule has 0 saturated heterocycles. The second-order valence-corrected chi connectivity index (χ2v) is 5.51. The molecular formula is C13H17N7S. The average molecular weight is 303 g/mol. The van der Waals surface area contributed by atoms with Gasteiger partial charge in [0.15, 0.2) is 11.5 Å². The molecule has 0 aliphatic carbocycles. The molecule has 3 heterocycles. The third-order valence-corrected chi connectivity index (χ3v) is 3.77. The van der Waals surface area contributed by atoms with Crippen LogP contribution in [0.25, 0.3) is 11.2 Å². The smallest absolute Gasteiger partial charge is 0.226 e. The van der Waals surface area contributed by atoms with E-state index < -0.39 is 0 Å². The van der Waals surface area contributed by atoms with Crippen molar-refractivity contribution in [2.24, 2.45) is 0 Å². The van der Waals surface area contributed by atoms with Crippen LogP contribution in [0.2, 0.25) is 0 Å². The minimum atomic E-state index is 0.605. The van der Waals surface area contributed by atoms with E-state index in [1.165, 1.54) is 0 Å². The maximum atomic E-state index is 4.51. The van der Waals surface area contributed by atoms with Crippen LogP contribution in [0.3, 0.4) is 0 Å². The highest BCUT2D eigenvalue weighted by Gasteiger charge is 2.09. The van der Waals surface area contributed by atoms with Gasteiger partial charge in [0, 0.05) is 31.1 Å². The van der Waals surface area contributed by atoms with Crippen molar-refractivity contribution in [3.63, 3.8) is 0 Å². The van der Waals surface area contributed by atoms with E-state index in [1.54, 1.807) is 17.7 Å². The zero-order valence-corrected chi connectivity index (χ0v) is 12.6. The topological polar surface area (TPSA) is 91.4 Å². The molecule has 0 aliphatic rings. The molecule has 0 radical (unpaired) electrons. The molecule has 0 saturated carbocycles. The standard InChI is InChI=1S/C13H17N7S/c1-2-4-16-13-19-11(10-12(20-13)18-8-17-10)15-5-3-9-14-6-7-21-9/h6-8H,2-5H2,1H3,(H3,15,16,17,18,19,20). The Morgan fingerprint density at radius 2 is 2.14 bits per heavy atom. The van der Waals surface area contributed by atoms with Gasteiger partial charge in [-0.1, -0.05) is 6.92 Å². The number of nitrogens with zero attached hydrogens (tertiary/aromatic N) is 4. The van der Waals surface area contributed by atoms with E-state index >= 15 is 0 Å². The van der Waals surface area contributed by atoms with Gasteiger partial charge in [-0.25, -0.2) is 9.97 Å². The number of thiazole rings is 1. The molecule has 110 valence electrons. The number of hydrogen-bond acceptors (Lipinski definition) is 7. The summed E-state index contributed by atoms with van der Waals surface area (Å²) in [4.78, 5) is 20.4. The first-order chi connectivity index (χ1) is 10.4. The van der Waals surface area contributed by atoms with E-state index in [2.05, 4.69) is 42.5 Å². The zero-order chi connectivity index (χ0) is 14.5. The van der Waals surface area contributed by atoms with Crippen molar-refractivity contribution < 1.29 is 0 Å². The van der Waals surface area contributed by atoms with Crippen LogP contribution < -0.4 is 10.6 Å². The van der Waals surface area contributed by atoms with Gasteiger partial charge >= 0.3 is 0 Å². The molecule has 3 N–H and O–H groups in total.